The average molecular weight is 393 g/mol. The van der Waals surface area contributed by atoms with Gasteiger partial charge in [-0.1, -0.05) is 0 Å². The molecule has 21 heavy (non-hydrogen) atoms. The third-order valence-electron chi connectivity index (χ3n) is 2.47. The van der Waals surface area contributed by atoms with E-state index in [2.05, 4.69) is 9.97 Å². The maximum absolute atomic E-state index is 12.0. The first-order valence-electron chi connectivity index (χ1n) is 6.25. The Hall–Kier alpha value is -1.96. The number of aromatic nitrogens is 2. The third-order valence-corrected chi connectivity index (χ3v) is 6.34. The van der Waals surface area contributed by atoms with Gasteiger partial charge in [0.15, 0.2) is 0 Å². The van der Waals surface area contributed by atoms with Gasteiger partial charge in [0.2, 0.25) is 0 Å². The molecule has 0 atom stereocenters. The normalized spacial score (nSPS) is 10.8. The summed E-state index contributed by atoms with van der Waals surface area (Å²) in [5, 5.41) is 0. The van der Waals surface area contributed by atoms with E-state index in [0.717, 1.165) is 0 Å². The second-order valence-electron chi connectivity index (χ2n) is 4.66. The quantitative estimate of drug-likeness (QED) is 0.742. The van der Waals surface area contributed by atoms with E-state index in [1.54, 1.807) is 46.5 Å². The maximum atomic E-state index is 12.0. The molecule has 2 rings (SSSR count). The molecular weight excluding hydrogens is 379 g/mol. The molecule has 0 aliphatic rings. The summed E-state index contributed by atoms with van der Waals surface area (Å²) in [6, 6.07) is 6.47. The second-order valence-corrected chi connectivity index (χ2v) is 13.8. The van der Waals surface area contributed by atoms with E-state index in [9.17, 15) is 9.59 Å². The standard InChI is InChI=1S/2C6H5NO2.2CH3.Sn/c2*8-6(9)5-2-1-3-7-4-5;;;/h2*1-4H,(H,8,9);2*1H3;/q;;;;+2/p-2. The molecule has 0 N–H and O–H groups in total. The molecule has 0 radical (unpaired) electrons. The molecule has 0 aromatic carbocycles. The monoisotopic (exact) mass is 394 g/mol. The Bertz CT molecular complexity index is 576. The molecule has 0 bridgehead atoms. The number of rotatable bonds is 4. The minimum absolute atomic E-state index is 0.333. The summed E-state index contributed by atoms with van der Waals surface area (Å²) in [7, 11) is 0. The molecule has 0 saturated carbocycles. The first-order valence-corrected chi connectivity index (χ1v) is 14.3. The van der Waals surface area contributed by atoms with Crippen LogP contribution in [0.1, 0.15) is 20.7 Å². The number of pyridine rings is 2. The molecule has 2 aromatic heterocycles. The predicted molar refractivity (Wildman–Crippen MR) is 76.8 cm³/mol. The summed E-state index contributed by atoms with van der Waals surface area (Å²) in [6.45, 7) is 0. The number of nitrogens with zero attached hydrogens (tertiary/aromatic N) is 2. The number of carbonyl (C=O) groups excluding carboxylic acids is 2. The van der Waals surface area contributed by atoms with E-state index in [1.165, 1.54) is 12.4 Å². The summed E-state index contributed by atoms with van der Waals surface area (Å²) in [5.74, 6) is -1.05. The van der Waals surface area contributed by atoms with Crippen LogP contribution in [0.3, 0.4) is 0 Å². The molecule has 0 saturated heterocycles. The zero-order chi connectivity index (χ0) is 15.3. The van der Waals surface area contributed by atoms with Gasteiger partial charge in [-0.3, -0.25) is 0 Å². The fraction of sp³-hybridized carbons (Fsp3) is 0.143. The van der Waals surface area contributed by atoms with Crippen LogP contribution < -0.4 is 0 Å². The van der Waals surface area contributed by atoms with Gasteiger partial charge in [-0.05, 0) is 0 Å². The minimum atomic E-state index is -3.74. The van der Waals surface area contributed by atoms with Crippen molar-refractivity contribution in [3.05, 3.63) is 60.2 Å². The van der Waals surface area contributed by atoms with Crippen LogP contribution in [-0.4, -0.2) is 41.1 Å². The van der Waals surface area contributed by atoms with Crippen molar-refractivity contribution < 1.29 is 15.7 Å². The average Bonchev–Trinajstić information content (AvgIpc) is 2.48. The van der Waals surface area contributed by atoms with Crippen molar-refractivity contribution in [3.63, 3.8) is 0 Å². The molecule has 0 aliphatic heterocycles. The molecule has 0 spiro atoms. The van der Waals surface area contributed by atoms with Crippen LogP contribution in [0.2, 0.25) is 9.88 Å². The Balaban J connectivity index is 2.02. The van der Waals surface area contributed by atoms with Gasteiger partial charge in [-0.15, -0.1) is 0 Å². The van der Waals surface area contributed by atoms with E-state index in [-0.39, 0.29) is 0 Å². The first kappa shape index (κ1) is 15.4. The Morgan fingerprint density at radius 2 is 1.33 bits per heavy atom. The van der Waals surface area contributed by atoms with Crippen LogP contribution >= 0.6 is 0 Å². The molecule has 7 heteroatoms. The van der Waals surface area contributed by atoms with Crippen molar-refractivity contribution in [1.29, 1.82) is 0 Å². The van der Waals surface area contributed by atoms with Crippen LogP contribution in [0.5, 0.6) is 0 Å². The summed E-state index contributed by atoms with van der Waals surface area (Å²) in [5.41, 5.74) is 0.666. The summed E-state index contributed by atoms with van der Waals surface area (Å²) >= 11 is -3.74. The number of carbonyl (C=O) groups is 2. The van der Waals surface area contributed by atoms with Crippen LogP contribution in [0.4, 0.5) is 0 Å². The molecule has 0 unspecified atom stereocenters. The zero-order valence-electron chi connectivity index (χ0n) is 11.6. The molecule has 6 nitrogen and oxygen atoms in total. The van der Waals surface area contributed by atoms with Crippen molar-refractivity contribution in [2.75, 3.05) is 0 Å². The Morgan fingerprint density at radius 1 is 0.905 bits per heavy atom. The van der Waals surface area contributed by atoms with Crippen molar-refractivity contribution in [3.8, 4) is 0 Å². The van der Waals surface area contributed by atoms with Gasteiger partial charge < -0.3 is 0 Å². The van der Waals surface area contributed by atoms with Crippen LogP contribution in [0.25, 0.3) is 0 Å². The Kier molecular flexibility index (Phi) is 4.89. The molecule has 0 aliphatic carbocycles. The molecule has 108 valence electrons. The SMILES string of the molecule is [CH3][Sn]([CH3])([O]C(=O)c1cccnc1)[O]C(=O)c1cccnc1. The fourth-order valence-corrected chi connectivity index (χ4v) is 4.89. The van der Waals surface area contributed by atoms with Crippen molar-refractivity contribution in [2.24, 2.45) is 0 Å². The fourth-order valence-electron chi connectivity index (χ4n) is 1.55. The molecular formula is C14H14N2O4Sn. The summed E-state index contributed by atoms with van der Waals surface area (Å²) < 4.78 is 10.8. The zero-order valence-corrected chi connectivity index (χ0v) is 14.5. The van der Waals surface area contributed by atoms with Crippen molar-refractivity contribution in [1.82, 2.24) is 9.97 Å². The summed E-state index contributed by atoms with van der Waals surface area (Å²) in [6.07, 6.45) is 5.95. The number of hydrogen-bond acceptors (Lipinski definition) is 6. The van der Waals surface area contributed by atoms with Gasteiger partial charge in [-0.2, -0.15) is 0 Å². The van der Waals surface area contributed by atoms with E-state index < -0.39 is 31.1 Å². The van der Waals surface area contributed by atoms with E-state index in [0.29, 0.717) is 11.1 Å². The van der Waals surface area contributed by atoms with Gasteiger partial charge in [0, 0.05) is 0 Å². The van der Waals surface area contributed by atoms with E-state index >= 15 is 0 Å². The van der Waals surface area contributed by atoms with Gasteiger partial charge in [0.25, 0.3) is 0 Å². The predicted octanol–water partition coefficient (Wildman–Crippen LogP) is 2.19. The van der Waals surface area contributed by atoms with Gasteiger partial charge >= 0.3 is 127 Å². The van der Waals surface area contributed by atoms with Crippen molar-refractivity contribution >= 4 is 31.1 Å². The van der Waals surface area contributed by atoms with Gasteiger partial charge in [0.1, 0.15) is 0 Å². The molecule has 0 amide bonds. The van der Waals surface area contributed by atoms with Crippen molar-refractivity contribution in [2.45, 2.75) is 9.88 Å². The molecule has 2 aromatic rings. The van der Waals surface area contributed by atoms with Crippen LogP contribution in [0.15, 0.2) is 49.1 Å². The molecule has 2 heterocycles. The van der Waals surface area contributed by atoms with E-state index in [1.807, 2.05) is 0 Å². The van der Waals surface area contributed by atoms with Crippen LogP contribution in [-0.2, 0) is 6.15 Å². The topological polar surface area (TPSA) is 78.4 Å². The Morgan fingerprint density at radius 3 is 1.67 bits per heavy atom. The first-order chi connectivity index (χ1) is 9.98. The summed E-state index contributed by atoms with van der Waals surface area (Å²) in [4.78, 5) is 35.0. The molecule has 0 fully saturated rings. The second kappa shape index (κ2) is 6.66. The number of hydrogen-bond donors (Lipinski definition) is 0. The Labute approximate surface area is 127 Å². The van der Waals surface area contributed by atoms with E-state index in [4.69, 9.17) is 6.15 Å². The van der Waals surface area contributed by atoms with Gasteiger partial charge in [0.05, 0.1) is 0 Å². The van der Waals surface area contributed by atoms with Gasteiger partial charge in [-0.25, -0.2) is 0 Å². The van der Waals surface area contributed by atoms with Crippen LogP contribution in [0, 0.1) is 0 Å². The third kappa shape index (κ3) is 4.52.